The van der Waals surface area contributed by atoms with Crippen molar-refractivity contribution in [3.05, 3.63) is 65.4 Å². The molecule has 2 aromatic carbocycles. The van der Waals surface area contributed by atoms with Gasteiger partial charge in [0.05, 0.1) is 17.3 Å². The van der Waals surface area contributed by atoms with E-state index in [1.54, 1.807) is 29.2 Å². The van der Waals surface area contributed by atoms with Gasteiger partial charge in [-0.1, -0.05) is 43.7 Å². The first-order valence-corrected chi connectivity index (χ1v) is 11.2. The molecule has 164 valence electrons. The van der Waals surface area contributed by atoms with Crippen molar-refractivity contribution in [1.82, 2.24) is 15.2 Å². The lowest BCUT2D eigenvalue weighted by Gasteiger charge is -2.33. The predicted molar refractivity (Wildman–Crippen MR) is 123 cm³/mol. The fourth-order valence-electron chi connectivity index (χ4n) is 4.92. The van der Waals surface area contributed by atoms with E-state index in [9.17, 15) is 14.4 Å². The maximum absolute atomic E-state index is 13.5. The number of aromatic amines is 1. The summed E-state index contributed by atoms with van der Waals surface area (Å²) in [7, 11) is 0. The second-order valence-electron chi connectivity index (χ2n) is 8.45. The Morgan fingerprint density at radius 3 is 2.69 bits per heavy atom. The molecule has 0 saturated carbocycles. The van der Waals surface area contributed by atoms with Crippen molar-refractivity contribution in [3.8, 4) is 0 Å². The third kappa shape index (κ3) is 2.99. The minimum atomic E-state index is -0.583. The van der Waals surface area contributed by atoms with Gasteiger partial charge in [-0.3, -0.25) is 9.59 Å². The van der Waals surface area contributed by atoms with Gasteiger partial charge in [0.1, 0.15) is 6.04 Å². The number of rotatable bonds is 5. The quantitative estimate of drug-likeness (QED) is 0.471. The van der Waals surface area contributed by atoms with Crippen LogP contribution in [0.5, 0.6) is 0 Å². The summed E-state index contributed by atoms with van der Waals surface area (Å²) in [5.74, 6) is -0.560. The normalized spacial score (nSPS) is 19.9. The molecule has 2 aliphatic rings. The molecule has 0 radical (unpaired) electrons. The van der Waals surface area contributed by atoms with E-state index in [0.29, 0.717) is 24.2 Å². The number of anilines is 1. The number of carbonyl (C=O) groups excluding carboxylic acids is 3. The fourth-order valence-corrected chi connectivity index (χ4v) is 4.92. The number of nitrogens with zero attached hydrogens (tertiary/aromatic N) is 2. The molecule has 3 heterocycles. The molecule has 5 rings (SSSR count). The third-order valence-electron chi connectivity index (χ3n) is 6.54. The SMILES string of the molecule is CCCCNC(=O)c1ccccc1N1C(=O)[C@H]2Cc3c([nH]c4ccccc34)[C@@H](C)N2C1=O. The number of fused-ring (bicyclic) bond motifs is 4. The number of carbonyl (C=O) groups is 3. The summed E-state index contributed by atoms with van der Waals surface area (Å²) < 4.78 is 0. The van der Waals surface area contributed by atoms with Crippen LogP contribution in [0.3, 0.4) is 0 Å². The molecule has 3 aromatic rings. The largest absolute Gasteiger partial charge is 0.356 e. The summed E-state index contributed by atoms with van der Waals surface area (Å²) in [6.07, 6.45) is 2.29. The first-order chi connectivity index (χ1) is 15.5. The number of hydrogen-bond donors (Lipinski definition) is 2. The Morgan fingerprint density at radius 2 is 1.88 bits per heavy atom. The van der Waals surface area contributed by atoms with Crippen molar-refractivity contribution in [2.75, 3.05) is 11.4 Å². The van der Waals surface area contributed by atoms with Crippen molar-refractivity contribution >= 4 is 34.4 Å². The summed E-state index contributed by atoms with van der Waals surface area (Å²) in [5, 5.41) is 3.97. The van der Waals surface area contributed by atoms with E-state index in [-0.39, 0.29) is 23.9 Å². The molecule has 7 heteroatoms. The Labute approximate surface area is 186 Å². The number of unbranched alkanes of at least 4 members (excludes halogenated alkanes) is 1. The minimum Gasteiger partial charge on any atom is -0.356 e. The van der Waals surface area contributed by atoms with Gasteiger partial charge in [0.2, 0.25) is 0 Å². The number of para-hydroxylation sites is 2. The Bertz CT molecular complexity index is 1230. The smallest absolute Gasteiger partial charge is 0.332 e. The van der Waals surface area contributed by atoms with Crippen molar-refractivity contribution in [2.24, 2.45) is 0 Å². The van der Waals surface area contributed by atoms with Gasteiger partial charge < -0.3 is 15.2 Å². The lowest BCUT2D eigenvalue weighted by Crippen LogP contribution is -2.42. The van der Waals surface area contributed by atoms with Crippen LogP contribution in [-0.2, 0) is 11.2 Å². The Kier molecular flexibility index (Phi) is 4.96. The number of imide groups is 1. The van der Waals surface area contributed by atoms with Gasteiger partial charge in [-0.2, -0.15) is 0 Å². The molecule has 2 aliphatic heterocycles. The lowest BCUT2D eigenvalue weighted by atomic mass is 9.93. The molecule has 1 fully saturated rings. The lowest BCUT2D eigenvalue weighted by molar-refractivity contribution is -0.120. The maximum Gasteiger partial charge on any atom is 0.332 e. The van der Waals surface area contributed by atoms with Gasteiger partial charge in [-0.15, -0.1) is 0 Å². The summed E-state index contributed by atoms with van der Waals surface area (Å²) in [5.41, 5.74) is 3.74. The van der Waals surface area contributed by atoms with Crippen LogP contribution in [0, 0.1) is 0 Å². The van der Waals surface area contributed by atoms with Crippen molar-refractivity contribution in [2.45, 2.75) is 45.2 Å². The van der Waals surface area contributed by atoms with Crippen molar-refractivity contribution in [1.29, 1.82) is 0 Å². The number of aromatic nitrogens is 1. The van der Waals surface area contributed by atoms with Crippen LogP contribution >= 0.6 is 0 Å². The van der Waals surface area contributed by atoms with Crippen LogP contribution in [-0.4, -0.2) is 40.3 Å². The fraction of sp³-hybridized carbons (Fsp3) is 0.320. The molecule has 2 atom stereocenters. The molecule has 7 nitrogen and oxygen atoms in total. The van der Waals surface area contributed by atoms with Crippen molar-refractivity contribution < 1.29 is 14.4 Å². The van der Waals surface area contributed by atoms with E-state index in [1.807, 2.05) is 31.2 Å². The number of amides is 4. The highest BCUT2D eigenvalue weighted by molar-refractivity contribution is 6.24. The van der Waals surface area contributed by atoms with Crippen LogP contribution in [0.25, 0.3) is 10.9 Å². The van der Waals surface area contributed by atoms with Crippen molar-refractivity contribution in [3.63, 3.8) is 0 Å². The number of benzene rings is 2. The number of hydrogen-bond acceptors (Lipinski definition) is 3. The summed E-state index contributed by atoms with van der Waals surface area (Å²) >= 11 is 0. The molecular formula is C25H26N4O3. The van der Waals surface area contributed by atoms with Crippen LogP contribution < -0.4 is 10.2 Å². The zero-order valence-electron chi connectivity index (χ0n) is 18.2. The van der Waals surface area contributed by atoms with E-state index < -0.39 is 6.04 Å². The van der Waals surface area contributed by atoms with Gasteiger partial charge >= 0.3 is 6.03 Å². The van der Waals surface area contributed by atoms with Gasteiger partial charge in [0.25, 0.3) is 11.8 Å². The molecule has 0 aliphatic carbocycles. The summed E-state index contributed by atoms with van der Waals surface area (Å²) in [6.45, 7) is 4.55. The van der Waals surface area contributed by atoms with Crippen LogP contribution in [0.1, 0.15) is 54.3 Å². The molecule has 32 heavy (non-hydrogen) atoms. The second-order valence-corrected chi connectivity index (χ2v) is 8.45. The topological polar surface area (TPSA) is 85.5 Å². The molecule has 1 saturated heterocycles. The van der Waals surface area contributed by atoms with E-state index in [1.165, 1.54) is 4.90 Å². The van der Waals surface area contributed by atoms with Crippen LogP contribution in [0.15, 0.2) is 48.5 Å². The average Bonchev–Trinajstić information content (AvgIpc) is 3.30. The number of nitrogens with one attached hydrogen (secondary N) is 2. The highest BCUT2D eigenvalue weighted by Gasteiger charge is 2.52. The molecule has 2 N–H and O–H groups in total. The van der Waals surface area contributed by atoms with Gasteiger partial charge in [-0.25, -0.2) is 9.69 Å². The molecular weight excluding hydrogens is 404 g/mol. The zero-order valence-corrected chi connectivity index (χ0v) is 18.2. The molecule has 0 spiro atoms. The van der Waals surface area contributed by atoms with Gasteiger partial charge in [0, 0.05) is 29.6 Å². The van der Waals surface area contributed by atoms with E-state index in [0.717, 1.165) is 35.0 Å². The first-order valence-electron chi connectivity index (χ1n) is 11.2. The van der Waals surface area contributed by atoms with E-state index in [4.69, 9.17) is 0 Å². The maximum atomic E-state index is 13.5. The predicted octanol–water partition coefficient (Wildman–Crippen LogP) is 4.15. The average molecular weight is 431 g/mol. The molecule has 0 unspecified atom stereocenters. The Morgan fingerprint density at radius 1 is 1.12 bits per heavy atom. The third-order valence-corrected chi connectivity index (χ3v) is 6.54. The number of H-pyrrole nitrogens is 1. The zero-order chi connectivity index (χ0) is 22.4. The van der Waals surface area contributed by atoms with Crippen LogP contribution in [0.4, 0.5) is 10.5 Å². The van der Waals surface area contributed by atoms with E-state index in [2.05, 4.69) is 17.2 Å². The van der Waals surface area contributed by atoms with Gasteiger partial charge in [-0.05, 0) is 37.1 Å². The highest BCUT2D eigenvalue weighted by atomic mass is 16.2. The monoisotopic (exact) mass is 430 g/mol. The summed E-state index contributed by atoms with van der Waals surface area (Å²) in [4.78, 5) is 46.1. The first kappa shape index (κ1) is 20.3. The second kappa shape index (κ2) is 7.82. The molecule has 1 aromatic heterocycles. The number of urea groups is 1. The summed E-state index contributed by atoms with van der Waals surface area (Å²) in [6, 6.07) is 13.6. The van der Waals surface area contributed by atoms with Crippen LogP contribution in [0.2, 0.25) is 0 Å². The minimum absolute atomic E-state index is 0.274. The Hall–Kier alpha value is -3.61. The molecule has 4 amide bonds. The molecule has 0 bridgehead atoms. The standard InChI is InChI=1S/C25H26N4O3/c1-3-4-13-26-23(30)17-10-6-8-12-20(17)29-24(31)21-14-18-16-9-5-7-11-19(16)27-22(18)15(2)28(21)25(29)32/h5-12,15,21,27H,3-4,13-14H2,1-2H3,(H,26,30)/t15-,21-/m1/s1. The van der Waals surface area contributed by atoms with Gasteiger partial charge in [0.15, 0.2) is 0 Å². The Balaban J connectivity index is 1.51. The van der Waals surface area contributed by atoms with E-state index >= 15 is 0 Å². The highest BCUT2D eigenvalue weighted by Crippen LogP contribution is 2.42.